The second-order valence-corrected chi connectivity index (χ2v) is 8.07. The zero-order chi connectivity index (χ0) is 16.5. The van der Waals surface area contributed by atoms with E-state index in [2.05, 4.69) is 0 Å². The summed E-state index contributed by atoms with van der Waals surface area (Å²) in [5, 5.41) is 22.2. The summed E-state index contributed by atoms with van der Waals surface area (Å²) in [5.41, 5.74) is -0.885. The minimum Gasteiger partial charge on any atom is -0.284 e. The highest BCUT2D eigenvalue weighted by molar-refractivity contribution is 7.67. The molecule has 1 rings (SSSR count). The minimum absolute atomic E-state index is 0.0569. The number of hydrogen-bond donors (Lipinski definition) is 0. The first kappa shape index (κ1) is 17.2. The fraction of sp³-hybridized carbons (Fsp3) is 0.455. The van der Waals surface area contributed by atoms with Gasteiger partial charge in [0.2, 0.25) is 7.44 Å². The Hall–Kier alpha value is -1.83. The van der Waals surface area contributed by atoms with E-state index < -0.39 is 28.7 Å². The van der Waals surface area contributed by atoms with E-state index in [9.17, 15) is 24.8 Å². The molecule has 9 nitrogen and oxygen atoms in total. The molecule has 0 unspecified atom stereocenters. The van der Waals surface area contributed by atoms with Crippen molar-refractivity contribution in [2.24, 2.45) is 0 Å². The maximum atomic E-state index is 13.1. The Balaban J connectivity index is 3.76. The van der Waals surface area contributed by atoms with Crippen LogP contribution in [0.2, 0.25) is 0 Å². The molecule has 116 valence electrons. The van der Waals surface area contributed by atoms with E-state index in [1.165, 1.54) is 16.3 Å². The van der Waals surface area contributed by atoms with Crippen molar-refractivity contribution in [2.75, 3.05) is 28.2 Å². The molecule has 0 radical (unpaired) electrons. The average molecular weight is 316 g/mol. The van der Waals surface area contributed by atoms with Gasteiger partial charge in [0, 0.05) is 12.1 Å². The first-order valence-corrected chi connectivity index (χ1v) is 7.54. The van der Waals surface area contributed by atoms with E-state index >= 15 is 0 Å². The summed E-state index contributed by atoms with van der Waals surface area (Å²) in [6.07, 6.45) is 0. The van der Waals surface area contributed by atoms with Gasteiger partial charge in [-0.1, -0.05) is 0 Å². The lowest BCUT2D eigenvalue weighted by atomic mass is 10.1. The predicted molar refractivity (Wildman–Crippen MR) is 79.1 cm³/mol. The summed E-state index contributed by atoms with van der Waals surface area (Å²) in [7, 11) is 2.90. The Kier molecular flexibility index (Phi) is 4.83. The van der Waals surface area contributed by atoms with Crippen molar-refractivity contribution in [3.63, 3.8) is 0 Å². The van der Waals surface area contributed by atoms with Gasteiger partial charge in [0.25, 0.3) is 11.4 Å². The Bertz CT molecular complexity index is 596. The van der Waals surface area contributed by atoms with Crippen LogP contribution >= 0.6 is 7.44 Å². The average Bonchev–Trinajstić information content (AvgIpc) is 2.36. The zero-order valence-electron chi connectivity index (χ0n) is 12.4. The van der Waals surface area contributed by atoms with Gasteiger partial charge in [-0.25, -0.2) is 9.34 Å². The fourth-order valence-corrected chi connectivity index (χ4v) is 4.26. The molecule has 1 aromatic carbocycles. The van der Waals surface area contributed by atoms with Crippen molar-refractivity contribution >= 4 is 24.1 Å². The van der Waals surface area contributed by atoms with Gasteiger partial charge >= 0.3 is 0 Å². The molecule has 0 aliphatic rings. The monoisotopic (exact) mass is 316 g/mol. The molecule has 0 aliphatic carbocycles. The van der Waals surface area contributed by atoms with Gasteiger partial charge in [-0.2, -0.15) is 0 Å². The summed E-state index contributed by atoms with van der Waals surface area (Å²) < 4.78 is 15.9. The molecule has 0 fully saturated rings. The van der Waals surface area contributed by atoms with Crippen molar-refractivity contribution in [2.45, 2.75) is 6.92 Å². The molecule has 0 atom stereocenters. The van der Waals surface area contributed by atoms with Crippen LogP contribution in [0.4, 0.5) is 11.4 Å². The lowest BCUT2D eigenvalue weighted by molar-refractivity contribution is -0.395. The summed E-state index contributed by atoms with van der Waals surface area (Å²) in [6, 6.07) is 2.28. The molecule has 0 heterocycles. The molecule has 1 aromatic rings. The Labute approximate surface area is 121 Å². The zero-order valence-corrected chi connectivity index (χ0v) is 13.3. The van der Waals surface area contributed by atoms with E-state index in [-0.39, 0.29) is 10.9 Å². The summed E-state index contributed by atoms with van der Waals surface area (Å²) in [4.78, 5) is 20.7. The number of hydrogen-bond acceptors (Lipinski definition) is 5. The number of rotatable bonds is 5. The molecule has 10 heteroatoms. The SMILES string of the molecule is Cc1c([N+](=O)[O-])cc(P(=O)(N(C)C)N(C)C)cc1[N+](=O)[O-]. The normalized spacial score (nSPS) is 12.0. The quantitative estimate of drug-likeness (QED) is 0.462. The Morgan fingerprint density at radius 3 is 1.52 bits per heavy atom. The molecule has 0 aliphatic heterocycles. The first-order chi connectivity index (χ1) is 9.53. The molecule has 0 saturated heterocycles. The van der Waals surface area contributed by atoms with E-state index in [0.29, 0.717) is 0 Å². The third-order valence-corrected chi connectivity index (χ3v) is 6.25. The van der Waals surface area contributed by atoms with E-state index in [1.54, 1.807) is 28.2 Å². The maximum Gasteiger partial charge on any atom is 0.280 e. The van der Waals surface area contributed by atoms with Crippen LogP contribution in [-0.4, -0.2) is 47.4 Å². The van der Waals surface area contributed by atoms with Gasteiger partial charge in [0.05, 0.1) is 15.2 Å². The highest BCUT2D eigenvalue weighted by Crippen LogP contribution is 2.49. The summed E-state index contributed by atoms with van der Waals surface area (Å²) in [6.45, 7) is 1.30. The molecule has 0 spiro atoms. The van der Waals surface area contributed by atoms with Crippen molar-refractivity contribution in [3.05, 3.63) is 37.9 Å². The van der Waals surface area contributed by atoms with E-state index in [0.717, 1.165) is 12.1 Å². The van der Waals surface area contributed by atoms with Gasteiger partial charge < -0.3 is 0 Å². The molecule has 21 heavy (non-hydrogen) atoms. The molecule has 0 bridgehead atoms. The topological polar surface area (TPSA) is 110 Å². The highest BCUT2D eigenvalue weighted by Gasteiger charge is 2.35. The number of nitrogens with zero attached hydrogens (tertiary/aromatic N) is 4. The smallest absolute Gasteiger partial charge is 0.280 e. The Morgan fingerprint density at radius 2 is 1.29 bits per heavy atom. The van der Waals surface area contributed by atoms with E-state index in [4.69, 9.17) is 0 Å². The van der Waals surface area contributed by atoms with Crippen LogP contribution in [-0.2, 0) is 4.57 Å². The van der Waals surface area contributed by atoms with Crippen molar-refractivity contribution in [1.29, 1.82) is 0 Å². The van der Waals surface area contributed by atoms with Crippen molar-refractivity contribution in [3.8, 4) is 0 Å². The number of nitro benzene ring substituents is 2. The van der Waals surface area contributed by atoms with Crippen molar-refractivity contribution in [1.82, 2.24) is 9.34 Å². The summed E-state index contributed by atoms with van der Waals surface area (Å²) >= 11 is 0. The van der Waals surface area contributed by atoms with Gasteiger partial charge in [-0.15, -0.1) is 0 Å². The lowest BCUT2D eigenvalue weighted by Gasteiger charge is -2.30. The van der Waals surface area contributed by atoms with Crippen LogP contribution in [0.25, 0.3) is 0 Å². The lowest BCUT2D eigenvalue weighted by Crippen LogP contribution is -2.29. The van der Waals surface area contributed by atoms with Crippen LogP contribution in [0.3, 0.4) is 0 Å². The van der Waals surface area contributed by atoms with Crippen LogP contribution < -0.4 is 5.30 Å². The van der Waals surface area contributed by atoms with Gasteiger partial charge in [-0.3, -0.25) is 24.8 Å². The number of benzene rings is 1. The number of nitro groups is 2. The molecule has 0 aromatic heterocycles. The van der Waals surface area contributed by atoms with Gasteiger partial charge in [0.15, 0.2) is 0 Å². The predicted octanol–water partition coefficient (Wildman–Crippen LogP) is 1.75. The van der Waals surface area contributed by atoms with Crippen LogP contribution in [0.1, 0.15) is 5.56 Å². The van der Waals surface area contributed by atoms with Crippen LogP contribution in [0.5, 0.6) is 0 Å². The minimum atomic E-state index is -3.31. The first-order valence-electron chi connectivity index (χ1n) is 5.93. The van der Waals surface area contributed by atoms with Gasteiger partial charge in [-0.05, 0) is 35.1 Å². The standard InChI is InChI=1S/C11H17N4O5P/c1-8-10(14(16)17)6-9(7-11(8)15(18)19)21(20,12(2)3)13(4)5/h6-7H,1-5H3. The highest BCUT2D eigenvalue weighted by atomic mass is 31.2. The molecular weight excluding hydrogens is 299 g/mol. The second-order valence-electron chi connectivity index (χ2n) is 4.86. The summed E-state index contributed by atoms with van der Waals surface area (Å²) in [5.74, 6) is 0. The molecular formula is C11H17N4O5P. The van der Waals surface area contributed by atoms with Crippen LogP contribution in [0.15, 0.2) is 12.1 Å². The molecule has 0 saturated carbocycles. The van der Waals surface area contributed by atoms with Crippen LogP contribution in [0, 0.1) is 27.2 Å². The second kappa shape index (κ2) is 5.88. The largest absolute Gasteiger partial charge is 0.284 e. The molecule has 0 N–H and O–H groups in total. The molecule has 0 amide bonds. The fourth-order valence-electron chi connectivity index (χ4n) is 2.04. The Morgan fingerprint density at radius 1 is 0.952 bits per heavy atom. The third-order valence-electron chi connectivity index (χ3n) is 3.15. The van der Waals surface area contributed by atoms with E-state index in [1.807, 2.05) is 0 Å². The van der Waals surface area contributed by atoms with Crippen molar-refractivity contribution < 1.29 is 14.4 Å². The third kappa shape index (κ3) is 2.94. The van der Waals surface area contributed by atoms with Gasteiger partial charge in [0.1, 0.15) is 5.56 Å². The maximum absolute atomic E-state index is 13.1.